The van der Waals surface area contributed by atoms with Crippen LogP contribution < -0.4 is 5.73 Å². The van der Waals surface area contributed by atoms with Gasteiger partial charge in [-0.25, -0.2) is 4.90 Å². The molecule has 2 aromatic carbocycles. The van der Waals surface area contributed by atoms with Gasteiger partial charge in [-0.05, 0) is 31.2 Å². The fourth-order valence-corrected chi connectivity index (χ4v) is 2.32. The maximum atomic E-state index is 12.4. The van der Waals surface area contributed by atoms with E-state index < -0.39 is 17.7 Å². The molecule has 0 saturated carbocycles. The SMILES string of the molecule is Cc1ccc(C(=O)N2C(=O)c3cccc(N)c3C2=O)cc1. The van der Waals surface area contributed by atoms with Gasteiger partial charge in [0.25, 0.3) is 17.7 Å². The number of anilines is 1. The number of carbonyl (C=O) groups excluding carboxylic acids is 3. The number of rotatable bonds is 1. The summed E-state index contributed by atoms with van der Waals surface area (Å²) >= 11 is 0. The van der Waals surface area contributed by atoms with E-state index in [-0.39, 0.29) is 22.4 Å². The van der Waals surface area contributed by atoms with Crippen molar-refractivity contribution in [3.63, 3.8) is 0 Å². The molecular formula is C16H12N2O3. The van der Waals surface area contributed by atoms with Gasteiger partial charge in [-0.15, -0.1) is 0 Å². The highest BCUT2D eigenvalue weighted by molar-refractivity contribution is 6.32. The molecular weight excluding hydrogens is 268 g/mol. The molecule has 3 amide bonds. The van der Waals surface area contributed by atoms with E-state index in [2.05, 4.69) is 0 Å². The Kier molecular flexibility index (Phi) is 2.83. The van der Waals surface area contributed by atoms with Gasteiger partial charge in [-0.3, -0.25) is 14.4 Å². The number of nitrogen functional groups attached to an aromatic ring is 1. The molecule has 3 rings (SSSR count). The van der Waals surface area contributed by atoms with Gasteiger partial charge in [0.15, 0.2) is 0 Å². The number of imide groups is 3. The summed E-state index contributed by atoms with van der Waals surface area (Å²) < 4.78 is 0. The minimum Gasteiger partial charge on any atom is -0.398 e. The minimum atomic E-state index is -0.668. The first kappa shape index (κ1) is 13.1. The van der Waals surface area contributed by atoms with Crippen molar-refractivity contribution in [3.8, 4) is 0 Å². The van der Waals surface area contributed by atoms with Gasteiger partial charge < -0.3 is 5.73 Å². The van der Waals surface area contributed by atoms with Crippen LogP contribution in [0.15, 0.2) is 42.5 Å². The van der Waals surface area contributed by atoms with Crippen molar-refractivity contribution in [2.75, 3.05) is 5.73 Å². The predicted octanol–water partition coefficient (Wildman–Crippen LogP) is 2.01. The Labute approximate surface area is 121 Å². The molecule has 0 radical (unpaired) electrons. The molecule has 0 saturated heterocycles. The van der Waals surface area contributed by atoms with Crippen molar-refractivity contribution < 1.29 is 14.4 Å². The lowest BCUT2D eigenvalue weighted by molar-refractivity contribution is 0.0566. The lowest BCUT2D eigenvalue weighted by Crippen LogP contribution is -2.36. The Morgan fingerprint density at radius 3 is 2.29 bits per heavy atom. The van der Waals surface area contributed by atoms with Crippen molar-refractivity contribution in [2.24, 2.45) is 0 Å². The molecule has 2 aromatic rings. The van der Waals surface area contributed by atoms with Gasteiger partial charge >= 0.3 is 0 Å². The van der Waals surface area contributed by atoms with Gasteiger partial charge in [0.05, 0.1) is 11.1 Å². The first-order valence-electron chi connectivity index (χ1n) is 6.39. The highest BCUT2D eigenvalue weighted by atomic mass is 16.2. The van der Waals surface area contributed by atoms with Crippen LogP contribution in [0, 0.1) is 6.92 Å². The van der Waals surface area contributed by atoms with Crippen LogP contribution in [0.25, 0.3) is 0 Å². The van der Waals surface area contributed by atoms with Crippen LogP contribution in [0.3, 0.4) is 0 Å². The van der Waals surface area contributed by atoms with Gasteiger partial charge in [0.2, 0.25) is 0 Å². The Bertz CT molecular complexity index is 779. The second-order valence-electron chi connectivity index (χ2n) is 4.89. The summed E-state index contributed by atoms with van der Waals surface area (Å²) in [4.78, 5) is 37.6. The van der Waals surface area contributed by atoms with Crippen molar-refractivity contribution in [3.05, 3.63) is 64.7 Å². The van der Waals surface area contributed by atoms with Gasteiger partial charge in [0, 0.05) is 11.3 Å². The van der Waals surface area contributed by atoms with E-state index in [0.29, 0.717) is 4.90 Å². The third kappa shape index (κ3) is 1.90. The molecule has 0 atom stereocenters. The van der Waals surface area contributed by atoms with Crippen LogP contribution in [-0.2, 0) is 0 Å². The number of aryl methyl sites for hydroxylation is 1. The maximum Gasteiger partial charge on any atom is 0.270 e. The third-order valence-corrected chi connectivity index (χ3v) is 3.45. The highest BCUT2D eigenvalue weighted by Gasteiger charge is 2.41. The van der Waals surface area contributed by atoms with Crippen LogP contribution in [0.2, 0.25) is 0 Å². The first-order valence-corrected chi connectivity index (χ1v) is 6.39. The summed E-state index contributed by atoms with van der Waals surface area (Å²) in [7, 11) is 0. The molecule has 5 heteroatoms. The van der Waals surface area contributed by atoms with Crippen LogP contribution in [-0.4, -0.2) is 22.6 Å². The van der Waals surface area contributed by atoms with E-state index in [1.807, 2.05) is 6.92 Å². The maximum absolute atomic E-state index is 12.4. The zero-order valence-corrected chi connectivity index (χ0v) is 11.3. The smallest absolute Gasteiger partial charge is 0.270 e. The first-order chi connectivity index (χ1) is 10.0. The summed E-state index contributed by atoms with van der Waals surface area (Å²) in [5.74, 6) is -1.94. The molecule has 0 unspecified atom stereocenters. The lowest BCUT2D eigenvalue weighted by Gasteiger charge is -2.12. The van der Waals surface area contributed by atoms with E-state index >= 15 is 0 Å². The Morgan fingerprint density at radius 1 is 1.00 bits per heavy atom. The quantitative estimate of drug-likeness (QED) is 0.640. The van der Waals surface area contributed by atoms with Crippen molar-refractivity contribution in [1.82, 2.24) is 4.90 Å². The monoisotopic (exact) mass is 280 g/mol. The molecule has 0 bridgehead atoms. The van der Waals surface area contributed by atoms with Crippen LogP contribution in [0.1, 0.15) is 36.6 Å². The number of benzene rings is 2. The molecule has 1 aliphatic heterocycles. The summed E-state index contributed by atoms with van der Waals surface area (Å²) in [5, 5.41) is 0. The average Bonchev–Trinajstić information content (AvgIpc) is 2.72. The predicted molar refractivity (Wildman–Crippen MR) is 76.9 cm³/mol. The topological polar surface area (TPSA) is 80.5 Å². The molecule has 0 aliphatic carbocycles. The van der Waals surface area contributed by atoms with E-state index in [0.717, 1.165) is 5.56 Å². The fourth-order valence-electron chi connectivity index (χ4n) is 2.32. The van der Waals surface area contributed by atoms with Crippen molar-refractivity contribution >= 4 is 23.4 Å². The van der Waals surface area contributed by atoms with E-state index in [9.17, 15) is 14.4 Å². The van der Waals surface area contributed by atoms with Crippen LogP contribution >= 0.6 is 0 Å². The standard InChI is InChI=1S/C16H12N2O3/c1-9-5-7-10(8-6-9)14(19)18-15(20)11-3-2-4-12(17)13(11)16(18)21/h2-8H,17H2,1H3. The zero-order valence-electron chi connectivity index (χ0n) is 11.3. The van der Waals surface area contributed by atoms with Crippen molar-refractivity contribution in [1.29, 1.82) is 0 Å². The summed E-state index contributed by atoms with van der Waals surface area (Å²) in [6.45, 7) is 1.89. The molecule has 1 heterocycles. The largest absolute Gasteiger partial charge is 0.398 e. The molecule has 104 valence electrons. The number of amides is 3. The van der Waals surface area contributed by atoms with Crippen LogP contribution in [0.4, 0.5) is 5.69 Å². The van der Waals surface area contributed by atoms with Crippen molar-refractivity contribution in [2.45, 2.75) is 6.92 Å². The second kappa shape index (κ2) is 4.56. The number of carbonyl (C=O) groups is 3. The Balaban J connectivity index is 2.04. The lowest BCUT2D eigenvalue weighted by atomic mass is 10.1. The van der Waals surface area contributed by atoms with E-state index in [1.54, 1.807) is 30.3 Å². The minimum absolute atomic E-state index is 0.1000. The number of hydrogen-bond acceptors (Lipinski definition) is 4. The van der Waals surface area contributed by atoms with E-state index in [1.165, 1.54) is 12.1 Å². The summed E-state index contributed by atoms with van der Waals surface area (Å²) in [5.41, 5.74) is 7.47. The molecule has 0 fully saturated rings. The van der Waals surface area contributed by atoms with Gasteiger partial charge in [0.1, 0.15) is 0 Å². The number of fused-ring (bicyclic) bond motifs is 1. The Hall–Kier alpha value is -2.95. The zero-order chi connectivity index (χ0) is 15.1. The number of hydrogen-bond donors (Lipinski definition) is 1. The second-order valence-corrected chi connectivity index (χ2v) is 4.89. The van der Waals surface area contributed by atoms with Gasteiger partial charge in [-0.2, -0.15) is 0 Å². The summed E-state index contributed by atoms with van der Waals surface area (Å²) in [6, 6.07) is 11.3. The average molecular weight is 280 g/mol. The van der Waals surface area contributed by atoms with E-state index in [4.69, 9.17) is 5.73 Å². The normalized spacial score (nSPS) is 13.5. The molecule has 0 spiro atoms. The molecule has 1 aliphatic rings. The third-order valence-electron chi connectivity index (χ3n) is 3.45. The highest BCUT2D eigenvalue weighted by Crippen LogP contribution is 2.28. The van der Waals surface area contributed by atoms with Crippen LogP contribution in [0.5, 0.6) is 0 Å². The molecule has 5 nitrogen and oxygen atoms in total. The fraction of sp³-hybridized carbons (Fsp3) is 0.0625. The molecule has 21 heavy (non-hydrogen) atoms. The van der Waals surface area contributed by atoms with Gasteiger partial charge in [-0.1, -0.05) is 23.8 Å². The number of nitrogens with zero attached hydrogens (tertiary/aromatic N) is 1. The summed E-state index contributed by atoms with van der Waals surface area (Å²) in [6.07, 6.45) is 0. The Morgan fingerprint density at radius 2 is 1.67 bits per heavy atom. The number of nitrogens with two attached hydrogens (primary N) is 1. The molecule has 0 aromatic heterocycles. The molecule has 2 N–H and O–H groups in total.